The molecule has 46 heavy (non-hydrogen) atoms. The minimum absolute atomic E-state index is 0.179. The molecule has 16 heteroatoms. The van der Waals surface area contributed by atoms with Crippen LogP contribution in [0.1, 0.15) is 77.0 Å². The Balaban J connectivity index is -0.0000000798. The van der Waals surface area contributed by atoms with E-state index in [4.69, 9.17) is 54.9 Å². The number of aldehydes is 1. The molecule has 2 aliphatic rings. The van der Waals surface area contributed by atoms with Crippen LogP contribution in [-0.4, -0.2) is 168 Å². The van der Waals surface area contributed by atoms with Crippen molar-refractivity contribution in [3.05, 3.63) is 0 Å². The van der Waals surface area contributed by atoms with Crippen molar-refractivity contribution in [2.75, 3.05) is 97.3 Å². The number of nitrogens with one attached hydrogen (secondary N) is 1. The molecule has 0 radical (unpaired) electrons. The van der Waals surface area contributed by atoms with E-state index in [0.29, 0.717) is 6.42 Å². The predicted molar refractivity (Wildman–Crippen MR) is 180 cm³/mol. The number of carbonyl (C=O) groups excluding carboxylic acids is 1. The molecule has 0 aromatic carbocycles. The zero-order valence-corrected chi connectivity index (χ0v) is 30.6. The van der Waals surface area contributed by atoms with Gasteiger partial charge in [0, 0.05) is 81.8 Å². The molecule has 8 N–H and O–H groups in total. The average Bonchev–Trinajstić information content (AvgIpc) is 3.15. The summed E-state index contributed by atoms with van der Waals surface area (Å²) < 4.78 is 11.9. The molecule has 0 aromatic heterocycles. The third-order valence-electron chi connectivity index (χ3n) is 5.23. The van der Waals surface area contributed by atoms with Crippen LogP contribution >= 0.6 is 0 Å². The fourth-order valence-electron chi connectivity index (χ4n) is 2.80. The molecular formula is C30H74N3O13+. The highest BCUT2D eigenvalue weighted by Gasteiger charge is 2.17. The lowest BCUT2D eigenvalue weighted by molar-refractivity contribution is -0.758. The molecule has 2 heterocycles. The monoisotopic (exact) mass is 685 g/mol. The van der Waals surface area contributed by atoms with Crippen molar-refractivity contribution in [2.45, 2.75) is 89.6 Å². The van der Waals surface area contributed by atoms with Gasteiger partial charge < -0.3 is 59.7 Å². The Kier molecular flexibility index (Phi) is 86.2. The molecule has 2 atom stereocenters. The van der Waals surface area contributed by atoms with Gasteiger partial charge in [0.1, 0.15) is 19.6 Å². The molecule has 286 valence electrons. The number of nitrogens with zero attached hydrogens (tertiary/aromatic N) is 2. The maximum atomic E-state index is 9.60. The van der Waals surface area contributed by atoms with Gasteiger partial charge in [0.05, 0.1) is 14.2 Å². The molecular weight excluding hydrogens is 610 g/mol. The van der Waals surface area contributed by atoms with Crippen LogP contribution in [0.2, 0.25) is 0 Å². The number of aliphatic hydroxyl groups is 7. The van der Waals surface area contributed by atoms with Gasteiger partial charge in [-0.05, 0) is 68.9 Å². The van der Waals surface area contributed by atoms with Crippen LogP contribution in [0, 0.1) is 0 Å². The van der Waals surface area contributed by atoms with Crippen LogP contribution < -0.4 is 5.48 Å². The molecule has 2 aliphatic heterocycles. The summed E-state index contributed by atoms with van der Waals surface area (Å²) >= 11 is 0. The summed E-state index contributed by atoms with van der Waals surface area (Å²) in [5.41, 5.74) is 2.43. The second-order valence-electron chi connectivity index (χ2n) is 8.30. The lowest BCUT2D eigenvalue weighted by atomic mass is 10.2. The molecule has 0 amide bonds. The van der Waals surface area contributed by atoms with Gasteiger partial charge in [-0.15, -0.1) is 0 Å². The van der Waals surface area contributed by atoms with Crippen LogP contribution in [0.4, 0.5) is 0 Å². The Hall–Kier alpha value is -1.38. The molecule has 0 spiro atoms. The molecule has 16 nitrogen and oxygen atoms in total. The van der Waals surface area contributed by atoms with Crippen LogP contribution in [0.25, 0.3) is 0 Å². The van der Waals surface area contributed by atoms with Gasteiger partial charge in [-0.3, -0.25) is 4.84 Å². The van der Waals surface area contributed by atoms with E-state index in [9.17, 15) is 4.79 Å². The van der Waals surface area contributed by atoms with Gasteiger partial charge in [0.15, 0.2) is 19.6 Å². The molecule has 0 aromatic rings. The van der Waals surface area contributed by atoms with E-state index in [2.05, 4.69) is 10.3 Å². The zero-order chi connectivity index (χ0) is 37.3. The van der Waals surface area contributed by atoms with E-state index in [1.54, 1.807) is 38.2 Å². The summed E-state index contributed by atoms with van der Waals surface area (Å²) in [5, 5.41) is 55.1. The SMILES string of the molecule is CNOC.CO.CO.CO.CO.CO/[N+](C)=C\CCCCO.CON(C)C1CCCCO1.O=CCCCCO.OC1CCCCO1. The summed E-state index contributed by atoms with van der Waals surface area (Å²) in [6.45, 7) is 2.10. The zero-order valence-electron chi connectivity index (χ0n) is 30.6. The number of ether oxygens (including phenoxy) is 2. The molecule has 2 fully saturated rings. The predicted octanol–water partition coefficient (Wildman–Crippen LogP) is 0.484. The average molecular weight is 685 g/mol. The van der Waals surface area contributed by atoms with Gasteiger partial charge in [0.2, 0.25) is 0 Å². The maximum absolute atomic E-state index is 9.60. The van der Waals surface area contributed by atoms with Crippen molar-refractivity contribution in [1.29, 1.82) is 0 Å². The van der Waals surface area contributed by atoms with E-state index in [1.807, 2.05) is 20.3 Å². The van der Waals surface area contributed by atoms with E-state index in [-0.39, 0.29) is 19.4 Å². The Morgan fingerprint density at radius 1 is 0.804 bits per heavy atom. The van der Waals surface area contributed by atoms with Crippen LogP contribution in [0.15, 0.2) is 0 Å². The lowest BCUT2D eigenvalue weighted by Crippen LogP contribution is -2.35. The number of carbonyl (C=O) groups is 1. The molecule has 2 unspecified atom stereocenters. The summed E-state index contributed by atoms with van der Waals surface area (Å²) in [5.74, 6) is 0. The summed E-state index contributed by atoms with van der Waals surface area (Å²) in [7, 11) is 14.3. The van der Waals surface area contributed by atoms with E-state index >= 15 is 0 Å². The Labute approximate surface area is 279 Å². The van der Waals surface area contributed by atoms with Crippen molar-refractivity contribution in [3.63, 3.8) is 0 Å². The standard InChI is InChI=1S/C7H15NO2.C7H16NO2.2C5H10O2.C2H7NO.4CH4O/c1-8(9-2)7-5-3-4-6-10-7;1-8(10-2)6-4-3-5-7-9;6-5-3-1-2-4-7-5;6-4-2-1-3-5-7;1-3-4-2;4*1-2/h7H,3-6H2,1-2H3;6,9H,3-5,7H2,1-2H3;5-6H,1-4H2;4,7H,1-3,5H2;3H,1-2H3;4*2H,1H3/q;+1;;;;;;;/b;8-6-;;;;;;;. The Bertz CT molecular complexity index is 485. The summed E-state index contributed by atoms with van der Waals surface area (Å²) in [6, 6.07) is 0. The van der Waals surface area contributed by atoms with Gasteiger partial charge >= 0.3 is 0 Å². The highest BCUT2D eigenvalue weighted by molar-refractivity contribution is 5.50. The number of hydrogen-bond acceptors (Lipinski definition) is 15. The fraction of sp³-hybridized carbons (Fsp3) is 0.933. The summed E-state index contributed by atoms with van der Waals surface area (Å²) in [6.07, 6.45) is 14.1. The number of hydrogen-bond donors (Lipinski definition) is 8. The van der Waals surface area contributed by atoms with Gasteiger partial charge in [-0.2, -0.15) is 5.06 Å². The summed E-state index contributed by atoms with van der Waals surface area (Å²) in [4.78, 5) is 23.7. The first kappa shape index (κ1) is 60.0. The third-order valence-corrected chi connectivity index (χ3v) is 5.23. The molecule has 0 saturated carbocycles. The second-order valence-corrected chi connectivity index (χ2v) is 8.30. The van der Waals surface area contributed by atoms with Crippen molar-refractivity contribution < 1.29 is 69.3 Å². The third kappa shape index (κ3) is 65.3. The van der Waals surface area contributed by atoms with E-state index < -0.39 is 6.29 Å². The molecule has 0 bridgehead atoms. The van der Waals surface area contributed by atoms with E-state index in [0.717, 1.165) is 106 Å². The normalized spacial score (nSPS) is 16.0. The number of rotatable bonds is 12. The number of hydroxylamine groups is 4. The number of unbranched alkanes of at least 4 members (excludes halogenated alkanes) is 4. The Morgan fingerprint density at radius 2 is 1.26 bits per heavy atom. The topological polar surface area (TPSA) is 223 Å². The van der Waals surface area contributed by atoms with Crippen molar-refractivity contribution in [3.8, 4) is 0 Å². The van der Waals surface area contributed by atoms with Crippen LogP contribution in [0.5, 0.6) is 0 Å². The van der Waals surface area contributed by atoms with Crippen molar-refractivity contribution in [2.24, 2.45) is 0 Å². The first-order chi connectivity index (χ1) is 22.4. The quantitative estimate of drug-likeness (QED) is 0.0460. The Morgan fingerprint density at radius 3 is 1.54 bits per heavy atom. The maximum Gasteiger partial charge on any atom is 0.192 e. The first-order valence-electron chi connectivity index (χ1n) is 15.3. The number of aliphatic hydroxyl groups excluding tert-OH is 7. The minimum Gasteiger partial charge on any atom is -0.400 e. The smallest absolute Gasteiger partial charge is 0.192 e. The largest absolute Gasteiger partial charge is 0.400 e. The highest BCUT2D eigenvalue weighted by atomic mass is 16.7. The van der Waals surface area contributed by atoms with Gasteiger partial charge in [-0.25, -0.2) is 5.48 Å². The first-order valence-corrected chi connectivity index (χ1v) is 15.3. The molecule has 2 rings (SSSR count). The molecule has 0 aliphatic carbocycles. The minimum atomic E-state index is -0.464. The van der Waals surface area contributed by atoms with Crippen LogP contribution in [-0.2, 0) is 28.8 Å². The van der Waals surface area contributed by atoms with Crippen molar-refractivity contribution >= 4 is 12.5 Å². The van der Waals surface area contributed by atoms with Gasteiger partial charge in [0.25, 0.3) is 0 Å². The van der Waals surface area contributed by atoms with Crippen LogP contribution in [0.3, 0.4) is 0 Å². The molecule has 2 saturated heterocycles. The van der Waals surface area contributed by atoms with Crippen molar-refractivity contribution in [1.82, 2.24) is 10.5 Å². The van der Waals surface area contributed by atoms with E-state index in [1.165, 1.54) is 12.8 Å². The second kappa shape index (κ2) is 66.1. The lowest BCUT2D eigenvalue weighted by Gasteiger charge is -2.28. The fourth-order valence-corrected chi connectivity index (χ4v) is 2.80. The van der Waals surface area contributed by atoms with Gasteiger partial charge in [-0.1, -0.05) is 0 Å². The highest BCUT2D eigenvalue weighted by Crippen LogP contribution is 2.14.